The second-order valence-electron chi connectivity index (χ2n) is 3.82. The van der Waals surface area contributed by atoms with E-state index in [1.807, 2.05) is 0 Å². The van der Waals surface area contributed by atoms with Gasteiger partial charge in [-0.15, -0.1) is 0 Å². The van der Waals surface area contributed by atoms with Gasteiger partial charge in [0.1, 0.15) is 6.29 Å². The van der Waals surface area contributed by atoms with E-state index in [9.17, 15) is 4.79 Å². The van der Waals surface area contributed by atoms with Crippen molar-refractivity contribution in [3.63, 3.8) is 0 Å². The van der Waals surface area contributed by atoms with Crippen molar-refractivity contribution in [2.24, 2.45) is 5.41 Å². The molecule has 2 aliphatic rings. The van der Waals surface area contributed by atoms with E-state index in [0.29, 0.717) is 6.10 Å². The molecule has 0 aromatic carbocycles. The number of aldehydes is 1. The second-order valence-corrected chi connectivity index (χ2v) is 3.82. The Morgan fingerprint density at radius 3 is 2.82 bits per heavy atom. The van der Waals surface area contributed by atoms with Crippen molar-refractivity contribution in [2.45, 2.75) is 38.2 Å². The van der Waals surface area contributed by atoms with Gasteiger partial charge in [-0.05, 0) is 32.1 Å². The van der Waals surface area contributed by atoms with Crippen LogP contribution in [0.4, 0.5) is 0 Å². The minimum absolute atomic E-state index is 0.0506. The van der Waals surface area contributed by atoms with Crippen molar-refractivity contribution in [1.82, 2.24) is 0 Å². The summed E-state index contributed by atoms with van der Waals surface area (Å²) in [6, 6.07) is 0. The van der Waals surface area contributed by atoms with Gasteiger partial charge in [-0.2, -0.15) is 0 Å². The van der Waals surface area contributed by atoms with E-state index in [1.54, 1.807) is 0 Å². The predicted octanol–water partition coefficient (Wildman–Crippen LogP) is 1.53. The molecule has 0 radical (unpaired) electrons. The highest BCUT2D eigenvalue weighted by Gasteiger charge is 2.44. The van der Waals surface area contributed by atoms with E-state index in [2.05, 4.69) is 0 Å². The molecule has 0 unspecified atom stereocenters. The molecule has 0 aromatic rings. The summed E-state index contributed by atoms with van der Waals surface area (Å²) in [4.78, 5) is 10.6. The van der Waals surface area contributed by atoms with Crippen LogP contribution in [0.5, 0.6) is 0 Å². The Morgan fingerprint density at radius 1 is 1.55 bits per heavy atom. The molecule has 2 nitrogen and oxygen atoms in total. The summed E-state index contributed by atoms with van der Waals surface area (Å²) in [6.07, 6.45) is 7.04. The van der Waals surface area contributed by atoms with E-state index < -0.39 is 0 Å². The predicted molar refractivity (Wildman–Crippen MR) is 41.3 cm³/mol. The van der Waals surface area contributed by atoms with Crippen LogP contribution in [0, 0.1) is 5.41 Å². The molecule has 0 spiro atoms. The fraction of sp³-hybridized carbons (Fsp3) is 0.889. The summed E-state index contributed by atoms with van der Waals surface area (Å²) in [5, 5.41) is 0. The maximum Gasteiger partial charge on any atom is 0.126 e. The summed E-state index contributed by atoms with van der Waals surface area (Å²) in [5.74, 6) is 0. The van der Waals surface area contributed by atoms with Gasteiger partial charge in [-0.1, -0.05) is 0 Å². The minimum Gasteiger partial charge on any atom is -0.378 e. The van der Waals surface area contributed by atoms with Crippen molar-refractivity contribution in [3.8, 4) is 0 Å². The van der Waals surface area contributed by atoms with Gasteiger partial charge >= 0.3 is 0 Å². The molecule has 1 saturated heterocycles. The average molecular weight is 154 g/mol. The van der Waals surface area contributed by atoms with Crippen LogP contribution in [-0.4, -0.2) is 19.0 Å². The number of hydrogen-bond acceptors (Lipinski definition) is 2. The quantitative estimate of drug-likeness (QED) is 0.576. The third-order valence-corrected chi connectivity index (χ3v) is 2.80. The van der Waals surface area contributed by atoms with Crippen molar-refractivity contribution in [3.05, 3.63) is 0 Å². The highest BCUT2D eigenvalue weighted by Crippen LogP contribution is 2.48. The summed E-state index contributed by atoms with van der Waals surface area (Å²) in [7, 11) is 0. The average Bonchev–Trinajstić information content (AvgIpc) is 2.59. The van der Waals surface area contributed by atoms with E-state index >= 15 is 0 Å². The molecule has 0 aromatic heterocycles. The molecule has 11 heavy (non-hydrogen) atoms. The Bertz CT molecular complexity index is 155. The molecule has 2 heteroatoms. The van der Waals surface area contributed by atoms with Gasteiger partial charge < -0.3 is 9.53 Å². The van der Waals surface area contributed by atoms with E-state index in [1.165, 1.54) is 6.42 Å². The van der Waals surface area contributed by atoms with Crippen LogP contribution < -0.4 is 0 Å². The SMILES string of the molecule is O=CC1(C[C@H]2CCCO2)CC1. The molecule has 0 N–H and O–H groups in total. The lowest BCUT2D eigenvalue weighted by atomic mass is 9.99. The number of hydrogen-bond donors (Lipinski definition) is 0. The number of ether oxygens (including phenoxy) is 1. The summed E-state index contributed by atoms with van der Waals surface area (Å²) < 4.78 is 5.47. The van der Waals surface area contributed by atoms with Crippen molar-refractivity contribution >= 4 is 6.29 Å². The lowest BCUT2D eigenvalue weighted by Crippen LogP contribution is -2.14. The highest BCUT2D eigenvalue weighted by molar-refractivity contribution is 5.63. The van der Waals surface area contributed by atoms with E-state index in [0.717, 1.165) is 38.6 Å². The molecule has 0 bridgehead atoms. The van der Waals surface area contributed by atoms with Crippen molar-refractivity contribution in [1.29, 1.82) is 0 Å². The third kappa shape index (κ3) is 1.45. The van der Waals surface area contributed by atoms with Crippen LogP contribution in [0.1, 0.15) is 32.1 Å². The summed E-state index contributed by atoms with van der Waals surface area (Å²) in [5.41, 5.74) is 0.0506. The van der Waals surface area contributed by atoms with Crippen molar-refractivity contribution in [2.75, 3.05) is 6.61 Å². The fourth-order valence-electron chi connectivity index (χ4n) is 1.79. The van der Waals surface area contributed by atoms with Crippen molar-refractivity contribution < 1.29 is 9.53 Å². The number of carbonyl (C=O) groups is 1. The lowest BCUT2D eigenvalue weighted by molar-refractivity contribution is -0.113. The molecule has 0 amide bonds. The maximum atomic E-state index is 10.6. The molecule has 1 aliphatic heterocycles. The first-order valence-electron chi connectivity index (χ1n) is 4.43. The van der Waals surface area contributed by atoms with Gasteiger partial charge in [-0.3, -0.25) is 0 Å². The lowest BCUT2D eigenvalue weighted by Gasteiger charge is -2.12. The maximum absolute atomic E-state index is 10.6. The molecule has 2 rings (SSSR count). The third-order valence-electron chi connectivity index (χ3n) is 2.80. The first-order valence-corrected chi connectivity index (χ1v) is 4.43. The van der Waals surface area contributed by atoms with Crippen LogP contribution >= 0.6 is 0 Å². The molecule has 1 saturated carbocycles. The first-order chi connectivity index (χ1) is 5.35. The molecule has 2 fully saturated rings. The summed E-state index contributed by atoms with van der Waals surface area (Å²) >= 11 is 0. The van der Waals surface area contributed by atoms with E-state index in [-0.39, 0.29) is 5.41 Å². The normalized spacial score (nSPS) is 33.6. The molecular formula is C9H14O2. The van der Waals surface area contributed by atoms with Gasteiger partial charge in [-0.25, -0.2) is 0 Å². The zero-order valence-electron chi connectivity index (χ0n) is 6.71. The smallest absolute Gasteiger partial charge is 0.126 e. The molecular weight excluding hydrogens is 140 g/mol. The number of rotatable bonds is 3. The summed E-state index contributed by atoms with van der Waals surface area (Å²) in [6.45, 7) is 0.902. The molecule has 1 aliphatic carbocycles. The van der Waals surface area contributed by atoms with Gasteiger partial charge in [0, 0.05) is 12.0 Å². The highest BCUT2D eigenvalue weighted by atomic mass is 16.5. The molecule has 1 heterocycles. The van der Waals surface area contributed by atoms with Gasteiger partial charge in [0.05, 0.1) is 6.10 Å². The Morgan fingerprint density at radius 2 is 2.36 bits per heavy atom. The zero-order chi connectivity index (χ0) is 7.73. The Balaban J connectivity index is 1.84. The Hall–Kier alpha value is -0.370. The Labute approximate surface area is 66.9 Å². The topological polar surface area (TPSA) is 26.3 Å². The van der Waals surface area contributed by atoms with Crippen LogP contribution in [0.3, 0.4) is 0 Å². The van der Waals surface area contributed by atoms with Gasteiger partial charge in [0.15, 0.2) is 0 Å². The Kier molecular flexibility index (Phi) is 1.72. The van der Waals surface area contributed by atoms with Crippen LogP contribution in [0.2, 0.25) is 0 Å². The minimum atomic E-state index is 0.0506. The van der Waals surface area contributed by atoms with Gasteiger partial charge in [0.2, 0.25) is 0 Å². The fourth-order valence-corrected chi connectivity index (χ4v) is 1.79. The van der Waals surface area contributed by atoms with E-state index in [4.69, 9.17) is 4.74 Å². The largest absolute Gasteiger partial charge is 0.378 e. The van der Waals surface area contributed by atoms with Gasteiger partial charge in [0.25, 0.3) is 0 Å². The van der Waals surface area contributed by atoms with Crippen LogP contribution in [-0.2, 0) is 9.53 Å². The standard InChI is InChI=1S/C9H14O2/c10-7-9(3-4-9)6-8-2-1-5-11-8/h7-8H,1-6H2/t8-/m1/s1. The molecule has 62 valence electrons. The van der Waals surface area contributed by atoms with Crippen LogP contribution in [0.25, 0.3) is 0 Å². The number of carbonyl (C=O) groups excluding carboxylic acids is 1. The second kappa shape index (κ2) is 2.59. The molecule has 1 atom stereocenters. The first kappa shape index (κ1) is 7.29. The zero-order valence-corrected chi connectivity index (χ0v) is 6.71. The monoisotopic (exact) mass is 154 g/mol. The van der Waals surface area contributed by atoms with Crippen LogP contribution in [0.15, 0.2) is 0 Å².